The van der Waals surface area contributed by atoms with Gasteiger partial charge in [-0.15, -0.1) is 11.3 Å². The number of carbonyl (C=O) groups is 1. The van der Waals surface area contributed by atoms with Crippen LogP contribution in [-0.4, -0.2) is 30.1 Å². The van der Waals surface area contributed by atoms with E-state index in [-0.39, 0.29) is 5.91 Å². The second-order valence-corrected chi connectivity index (χ2v) is 8.89. The predicted molar refractivity (Wildman–Crippen MR) is 121 cm³/mol. The molecule has 156 valence electrons. The van der Waals surface area contributed by atoms with Gasteiger partial charge in [-0.2, -0.15) is 0 Å². The highest BCUT2D eigenvalue weighted by Gasteiger charge is 2.33. The highest BCUT2D eigenvalue weighted by molar-refractivity contribution is 7.11. The van der Waals surface area contributed by atoms with Gasteiger partial charge in [0.1, 0.15) is 18.1 Å². The molecule has 0 saturated carbocycles. The number of anilines is 1. The summed E-state index contributed by atoms with van der Waals surface area (Å²) in [5.41, 5.74) is 3.91. The number of aromatic nitrogens is 1. The SMILES string of the molecule is CCC1Oc2ccc(-c3nc(C)sc3C)cc2N(CCOc2ccc(C)cc2)C1=O. The fourth-order valence-corrected chi connectivity index (χ4v) is 4.49. The first-order valence-corrected chi connectivity index (χ1v) is 11.0. The average molecular weight is 423 g/mol. The minimum atomic E-state index is -0.467. The molecule has 1 unspecified atom stereocenters. The van der Waals surface area contributed by atoms with Crippen LogP contribution in [0.15, 0.2) is 42.5 Å². The van der Waals surface area contributed by atoms with Gasteiger partial charge in [0.25, 0.3) is 5.91 Å². The van der Waals surface area contributed by atoms with Crippen molar-refractivity contribution < 1.29 is 14.3 Å². The van der Waals surface area contributed by atoms with Gasteiger partial charge in [0.2, 0.25) is 0 Å². The van der Waals surface area contributed by atoms with Gasteiger partial charge in [-0.05, 0) is 57.5 Å². The lowest BCUT2D eigenvalue weighted by atomic mass is 10.1. The molecule has 2 aromatic carbocycles. The zero-order chi connectivity index (χ0) is 21.3. The van der Waals surface area contributed by atoms with Crippen LogP contribution in [0.5, 0.6) is 11.5 Å². The highest BCUT2D eigenvalue weighted by Crippen LogP contribution is 2.39. The summed E-state index contributed by atoms with van der Waals surface area (Å²) in [6.07, 6.45) is 0.158. The summed E-state index contributed by atoms with van der Waals surface area (Å²) in [7, 11) is 0. The molecule has 4 rings (SSSR count). The average Bonchev–Trinajstić information content (AvgIpc) is 3.08. The van der Waals surface area contributed by atoms with Crippen LogP contribution in [0.25, 0.3) is 11.3 Å². The molecule has 2 heterocycles. The highest BCUT2D eigenvalue weighted by atomic mass is 32.1. The number of benzene rings is 2. The normalized spacial score (nSPS) is 15.7. The summed E-state index contributed by atoms with van der Waals surface area (Å²) in [5.74, 6) is 1.50. The van der Waals surface area contributed by atoms with Crippen LogP contribution in [0.4, 0.5) is 5.69 Å². The Balaban J connectivity index is 1.60. The summed E-state index contributed by atoms with van der Waals surface area (Å²) in [5, 5.41) is 1.03. The molecule has 6 heteroatoms. The molecule has 0 fully saturated rings. The number of fused-ring (bicyclic) bond motifs is 1. The Hall–Kier alpha value is -2.86. The number of amides is 1. The molecule has 0 aliphatic carbocycles. The van der Waals surface area contributed by atoms with Gasteiger partial charge in [0.15, 0.2) is 6.10 Å². The molecule has 0 spiro atoms. The number of hydrogen-bond acceptors (Lipinski definition) is 5. The standard InChI is InChI=1S/C24H26N2O3S/c1-5-21-24(27)26(12-13-28-19-9-6-15(2)7-10-19)20-14-18(8-11-22(20)29-21)23-16(3)30-17(4)25-23/h6-11,14,21H,5,12-13H2,1-4H3. The van der Waals surface area contributed by atoms with Crippen molar-refractivity contribution in [2.24, 2.45) is 0 Å². The third kappa shape index (κ3) is 4.05. The molecule has 5 nitrogen and oxygen atoms in total. The summed E-state index contributed by atoms with van der Waals surface area (Å²) in [6, 6.07) is 13.9. The second-order valence-electron chi connectivity index (χ2n) is 7.49. The third-order valence-corrected chi connectivity index (χ3v) is 6.10. The van der Waals surface area contributed by atoms with E-state index in [9.17, 15) is 4.79 Å². The van der Waals surface area contributed by atoms with E-state index in [1.807, 2.05) is 63.2 Å². The van der Waals surface area contributed by atoms with Crippen molar-refractivity contribution in [2.45, 2.75) is 40.2 Å². The molecular weight excluding hydrogens is 396 g/mol. The van der Waals surface area contributed by atoms with Gasteiger partial charge in [-0.1, -0.05) is 24.6 Å². The zero-order valence-electron chi connectivity index (χ0n) is 17.8. The molecule has 1 amide bonds. The van der Waals surface area contributed by atoms with Crippen LogP contribution < -0.4 is 14.4 Å². The molecule has 1 aromatic heterocycles. The van der Waals surface area contributed by atoms with E-state index in [1.165, 1.54) is 5.56 Å². The molecule has 0 saturated heterocycles. The van der Waals surface area contributed by atoms with Crippen LogP contribution >= 0.6 is 11.3 Å². The Bertz CT molecular complexity index is 1060. The molecule has 3 aromatic rings. The van der Waals surface area contributed by atoms with Gasteiger partial charge < -0.3 is 14.4 Å². The minimum absolute atomic E-state index is 0.0270. The maximum absolute atomic E-state index is 13.1. The lowest BCUT2D eigenvalue weighted by Gasteiger charge is -2.34. The number of hydrogen-bond donors (Lipinski definition) is 0. The molecule has 0 radical (unpaired) electrons. The van der Waals surface area contributed by atoms with Crippen molar-refractivity contribution in [3.8, 4) is 22.8 Å². The largest absolute Gasteiger partial charge is 0.492 e. The number of nitrogens with zero attached hydrogens (tertiary/aromatic N) is 2. The third-order valence-electron chi connectivity index (χ3n) is 5.21. The first-order valence-electron chi connectivity index (χ1n) is 10.2. The number of aryl methyl sites for hydroxylation is 3. The number of ether oxygens (including phenoxy) is 2. The summed E-state index contributed by atoms with van der Waals surface area (Å²) >= 11 is 1.68. The van der Waals surface area contributed by atoms with Crippen LogP contribution in [-0.2, 0) is 4.79 Å². The molecule has 30 heavy (non-hydrogen) atoms. The smallest absolute Gasteiger partial charge is 0.268 e. The maximum Gasteiger partial charge on any atom is 0.268 e. The topological polar surface area (TPSA) is 51.7 Å². The van der Waals surface area contributed by atoms with Crippen molar-refractivity contribution in [2.75, 3.05) is 18.1 Å². The van der Waals surface area contributed by atoms with E-state index in [0.717, 1.165) is 38.3 Å². The molecular formula is C24H26N2O3S. The van der Waals surface area contributed by atoms with E-state index in [2.05, 4.69) is 11.9 Å². The van der Waals surface area contributed by atoms with E-state index in [1.54, 1.807) is 16.2 Å². The van der Waals surface area contributed by atoms with Crippen molar-refractivity contribution in [1.29, 1.82) is 0 Å². The molecule has 0 N–H and O–H groups in total. The minimum Gasteiger partial charge on any atom is -0.492 e. The van der Waals surface area contributed by atoms with Crippen LogP contribution in [0, 0.1) is 20.8 Å². The molecule has 1 atom stereocenters. The Morgan fingerprint density at radius 2 is 1.90 bits per heavy atom. The van der Waals surface area contributed by atoms with Gasteiger partial charge in [-0.3, -0.25) is 4.79 Å². The molecule has 1 aliphatic rings. The van der Waals surface area contributed by atoms with Crippen LogP contribution in [0.2, 0.25) is 0 Å². The second kappa shape index (κ2) is 8.48. The van der Waals surface area contributed by atoms with Crippen molar-refractivity contribution in [1.82, 2.24) is 4.98 Å². The zero-order valence-corrected chi connectivity index (χ0v) is 18.6. The fraction of sp³-hybridized carbons (Fsp3) is 0.333. The molecule has 0 bridgehead atoms. The fourth-order valence-electron chi connectivity index (χ4n) is 3.65. The van der Waals surface area contributed by atoms with Crippen molar-refractivity contribution >= 4 is 22.9 Å². The summed E-state index contributed by atoms with van der Waals surface area (Å²) in [6.45, 7) is 8.95. The number of carbonyl (C=O) groups excluding carboxylic acids is 1. The van der Waals surface area contributed by atoms with Gasteiger partial charge in [0, 0.05) is 10.4 Å². The van der Waals surface area contributed by atoms with E-state index < -0.39 is 6.10 Å². The Labute approximate surface area is 181 Å². The number of rotatable bonds is 6. The van der Waals surface area contributed by atoms with Gasteiger partial charge >= 0.3 is 0 Å². The van der Waals surface area contributed by atoms with Crippen LogP contribution in [0.3, 0.4) is 0 Å². The van der Waals surface area contributed by atoms with Gasteiger partial charge in [0.05, 0.1) is 22.9 Å². The lowest BCUT2D eigenvalue weighted by molar-refractivity contribution is -0.126. The monoisotopic (exact) mass is 422 g/mol. The summed E-state index contributed by atoms with van der Waals surface area (Å²) in [4.78, 5) is 20.7. The summed E-state index contributed by atoms with van der Waals surface area (Å²) < 4.78 is 11.9. The first-order chi connectivity index (χ1) is 14.5. The Morgan fingerprint density at radius 1 is 1.13 bits per heavy atom. The van der Waals surface area contributed by atoms with Gasteiger partial charge in [-0.25, -0.2) is 4.98 Å². The van der Waals surface area contributed by atoms with E-state index in [0.29, 0.717) is 19.6 Å². The lowest BCUT2D eigenvalue weighted by Crippen LogP contribution is -2.47. The Morgan fingerprint density at radius 3 is 2.57 bits per heavy atom. The van der Waals surface area contributed by atoms with E-state index >= 15 is 0 Å². The van der Waals surface area contributed by atoms with E-state index in [4.69, 9.17) is 9.47 Å². The van der Waals surface area contributed by atoms with Crippen LogP contribution in [0.1, 0.15) is 28.8 Å². The molecule has 1 aliphatic heterocycles. The number of thiazole rings is 1. The predicted octanol–water partition coefficient (Wildman–Crippen LogP) is 5.32. The van der Waals surface area contributed by atoms with Crippen molar-refractivity contribution in [3.05, 3.63) is 57.9 Å². The Kier molecular flexibility index (Phi) is 5.77. The maximum atomic E-state index is 13.1. The quantitative estimate of drug-likeness (QED) is 0.540. The first kappa shape index (κ1) is 20.4. The van der Waals surface area contributed by atoms with Crippen molar-refractivity contribution in [3.63, 3.8) is 0 Å².